The summed E-state index contributed by atoms with van der Waals surface area (Å²) in [6, 6.07) is 13.7. The van der Waals surface area contributed by atoms with E-state index in [0.29, 0.717) is 6.54 Å². The van der Waals surface area contributed by atoms with E-state index in [0.717, 1.165) is 24.2 Å². The predicted molar refractivity (Wildman–Crippen MR) is 103 cm³/mol. The SMILES string of the molecule is NC(=NCc1ccc(OC(F)(F)F)cc1)NCc1ccc(N2CC=CC2)cc1. The highest BCUT2D eigenvalue weighted by Gasteiger charge is 2.30. The molecule has 0 saturated heterocycles. The zero-order chi connectivity index (χ0) is 20.0. The highest BCUT2D eigenvalue weighted by molar-refractivity contribution is 5.77. The molecule has 1 aliphatic rings. The van der Waals surface area contributed by atoms with Crippen molar-refractivity contribution in [2.24, 2.45) is 10.7 Å². The van der Waals surface area contributed by atoms with E-state index in [1.54, 1.807) is 0 Å². The lowest BCUT2D eigenvalue weighted by molar-refractivity contribution is -0.274. The second-order valence-electron chi connectivity index (χ2n) is 6.29. The predicted octanol–water partition coefficient (Wildman–Crippen LogP) is 3.57. The van der Waals surface area contributed by atoms with E-state index in [2.05, 4.69) is 44.2 Å². The molecular weight excluding hydrogens is 369 g/mol. The van der Waals surface area contributed by atoms with E-state index in [1.165, 1.54) is 30.0 Å². The second kappa shape index (κ2) is 8.69. The van der Waals surface area contributed by atoms with Gasteiger partial charge in [0.25, 0.3) is 0 Å². The number of guanidine groups is 1. The lowest BCUT2D eigenvalue weighted by Gasteiger charge is -2.17. The average Bonchev–Trinajstić information content (AvgIpc) is 3.20. The normalized spacial score (nSPS) is 14.4. The van der Waals surface area contributed by atoms with Crippen LogP contribution >= 0.6 is 0 Å². The van der Waals surface area contributed by atoms with E-state index in [-0.39, 0.29) is 18.3 Å². The van der Waals surface area contributed by atoms with Gasteiger partial charge in [0.05, 0.1) is 6.54 Å². The monoisotopic (exact) mass is 390 g/mol. The summed E-state index contributed by atoms with van der Waals surface area (Å²) < 4.78 is 40.3. The van der Waals surface area contributed by atoms with Crippen molar-refractivity contribution in [1.82, 2.24) is 5.32 Å². The Morgan fingerprint density at radius 2 is 1.61 bits per heavy atom. The van der Waals surface area contributed by atoms with E-state index >= 15 is 0 Å². The molecule has 5 nitrogen and oxygen atoms in total. The average molecular weight is 390 g/mol. The highest BCUT2D eigenvalue weighted by atomic mass is 19.4. The lowest BCUT2D eigenvalue weighted by Crippen LogP contribution is -2.31. The number of hydrogen-bond donors (Lipinski definition) is 2. The van der Waals surface area contributed by atoms with E-state index in [4.69, 9.17) is 5.73 Å². The van der Waals surface area contributed by atoms with Crippen molar-refractivity contribution < 1.29 is 17.9 Å². The first-order chi connectivity index (χ1) is 13.4. The Morgan fingerprint density at radius 3 is 2.21 bits per heavy atom. The van der Waals surface area contributed by atoms with Crippen molar-refractivity contribution in [2.75, 3.05) is 18.0 Å². The molecule has 0 radical (unpaired) electrons. The fourth-order valence-corrected chi connectivity index (χ4v) is 2.74. The molecule has 0 atom stereocenters. The van der Waals surface area contributed by atoms with Crippen molar-refractivity contribution >= 4 is 11.6 Å². The number of nitrogens with two attached hydrogens (primary N) is 1. The highest BCUT2D eigenvalue weighted by Crippen LogP contribution is 2.23. The zero-order valence-corrected chi connectivity index (χ0v) is 15.1. The summed E-state index contributed by atoms with van der Waals surface area (Å²) in [5.74, 6) is 0.00271. The van der Waals surface area contributed by atoms with Gasteiger partial charge in [0.1, 0.15) is 5.75 Å². The number of halogens is 3. The van der Waals surface area contributed by atoms with Crippen molar-refractivity contribution in [2.45, 2.75) is 19.5 Å². The van der Waals surface area contributed by atoms with Crippen LogP contribution in [0.25, 0.3) is 0 Å². The molecule has 0 spiro atoms. The van der Waals surface area contributed by atoms with E-state index < -0.39 is 6.36 Å². The van der Waals surface area contributed by atoms with Crippen LogP contribution in [-0.2, 0) is 13.1 Å². The van der Waals surface area contributed by atoms with Crippen LogP contribution in [0, 0.1) is 0 Å². The zero-order valence-electron chi connectivity index (χ0n) is 15.1. The molecule has 0 bridgehead atoms. The number of ether oxygens (including phenoxy) is 1. The molecular formula is C20H21F3N4O. The first-order valence-corrected chi connectivity index (χ1v) is 8.76. The van der Waals surface area contributed by atoms with Crippen molar-refractivity contribution in [3.63, 3.8) is 0 Å². The van der Waals surface area contributed by atoms with Gasteiger partial charge in [-0.15, -0.1) is 13.2 Å². The number of benzene rings is 2. The van der Waals surface area contributed by atoms with Gasteiger partial charge in [-0.3, -0.25) is 0 Å². The minimum absolute atomic E-state index is 0.256. The number of rotatable bonds is 6. The fourth-order valence-electron chi connectivity index (χ4n) is 2.74. The van der Waals surface area contributed by atoms with Crippen LogP contribution in [0.2, 0.25) is 0 Å². The Morgan fingerprint density at radius 1 is 1.00 bits per heavy atom. The fraction of sp³-hybridized carbons (Fsp3) is 0.250. The molecule has 0 unspecified atom stereocenters. The maximum absolute atomic E-state index is 12.1. The topological polar surface area (TPSA) is 62.9 Å². The smallest absolute Gasteiger partial charge is 0.406 e. The van der Waals surface area contributed by atoms with Crippen LogP contribution in [0.4, 0.5) is 18.9 Å². The van der Waals surface area contributed by atoms with Crippen LogP contribution in [0.1, 0.15) is 11.1 Å². The second-order valence-corrected chi connectivity index (χ2v) is 6.29. The maximum atomic E-state index is 12.1. The van der Waals surface area contributed by atoms with Crippen LogP contribution in [-0.4, -0.2) is 25.4 Å². The van der Waals surface area contributed by atoms with Crippen molar-refractivity contribution in [1.29, 1.82) is 0 Å². The molecule has 0 amide bonds. The van der Waals surface area contributed by atoms with Crippen molar-refractivity contribution in [3.05, 3.63) is 71.8 Å². The summed E-state index contributed by atoms with van der Waals surface area (Å²) in [6.07, 6.45) is -0.412. The van der Waals surface area contributed by atoms with E-state index in [1.807, 2.05) is 12.1 Å². The molecule has 0 aromatic heterocycles. The van der Waals surface area contributed by atoms with Crippen LogP contribution < -0.4 is 20.7 Å². The largest absolute Gasteiger partial charge is 0.573 e. The Kier molecular flexibility index (Phi) is 6.08. The van der Waals surface area contributed by atoms with Gasteiger partial charge in [0.2, 0.25) is 0 Å². The van der Waals surface area contributed by atoms with Gasteiger partial charge >= 0.3 is 6.36 Å². The molecule has 3 N–H and O–H groups in total. The Balaban J connectivity index is 1.46. The molecule has 148 valence electrons. The number of aliphatic imine (C=N–C) groups is 1. The molecule has 0 fully saturated rings. The molecule has 2 aromatic carbocycles. The maximum Gasteiger partial charge on any atom is 0.573 e. The van der Waals surface area contributed by atoms with Gasteiger partial charge in [-0.25, -0.2) is 4.99 Å². The van der Waals surface area contributed by atoms with Gasteiger partial charge < -0.3 is 20.7 Å². The van der Waals surface area contributed by atoms with Crippen LogP contribution in [0.15, 0.2) is 65.7 Å². The summed E-state index contributed by atoms with van der Waals surface area (Å²) in [5.41, 5.74) is 8.83. The van der Waals surface area contributed by atoms with E-state index in [9.17, 15) is 13.2 Å². The number of nitrogens with zero attached hydrogens (tertiary/aromatic N) is 2. The third-order valence-electron chi connectivity index (χ3n) is 4.18. The Labute approximate surface area is 161 Å². The summed E-state index contributed by atoms with van der Waals surface area (Å²) in [7, 11) is 0. The Bertz CT molecular complexity index is 822. The molecule has 3 rings (SSSR count). The van der Waals surface area contributed by atoms with Crippen molar-refractivity contribution in [3.8, 4) is 5.75 Å². The summed E-state index contributed by atoms with van der Waals surface area (Å²) in [4.78, 5) is 6.46. The van der Waals surface area contributed by atoms with Crippen LogP contribution in [0.3, 0.4) is 0 Å². The molecule has 1 heterocycles. The number of nitrogens with one attached hydrogen (secondary N) is 1. The quantitative estimate of drug-likeness (QED) is 0.450. The van der Waals surface area contributed by atoms with Gasteiger partial charge in [-0.1, -0.05) is 36.4 Å². The van der Waals surface area contributed by atoms with Gasteiger partial charge in [-0.05, 0) is 35.4 Å². The van der Waals surface area contributed by atoms with Crippen LogP contribution in [0.5, 0.6) is 5.75 Å². The van der Waals surface area contributed by atoms with Gasteiger partial charge in [0, 0.05) is 25.3 Å². The summed E-state index contributed by atoms with van der Waals surface area (Å²) in [5, 5.41) is 3.03. The molecule has 0 aliphatic carbocycles. The summed E-state index contributed by atoms with van der Waals surface area (Å²) >= 11 is 0. The number of anilines is 1. The third-order valence-corrected chi connectivity index (χ3v) is 4.18. The molecule has 8 heteroatoms. The minimum Gasteiger partial charge on any atom is -0.406 e. The molecule has 0 saturated carbocycles. The standard InChI is InChI=1S/C20H21F3N4O/c21-20(22,23)28-18-9-5-16(6-10-18)14-26-19(24)25-13-15-3-7-17(8-4-15)27-11-1-2-12-27/h1-10H,11-14H2,(H3,24,25,26). The first-order valence-electron chi connectivity index (χ1n) is 8.76. The Hall–Kier alpha value is -3.16. The molecule has 28 heavy (non-hydrogen) atoms. The van der Waals surface area contributed by atoms with Gasteiger partial charge in [0.15, 0.2) is 5.96 Å². The first kappa shape index (κ1) is 19.6. The van der Waals surface area contributed by atoms with Gasteiger partial charge in [-0.2, -0.15) is 0 Å². The minimum atomic E-state index is -4.70. The summed E-state index contributed by atoms with van der Waals surface area (Å²) in [6.45, 7) is 2.65. The molecule has 2 aromatic rings. The molecule has 1 aliphatic heterocycles. The lowest BCUT2D eigenvalue weighted by atomic mass is 10.2. The number of hydrogen-bond acceptors (Lipinski definition) is 3. The number of alkyl halides is 3. The third kappa shape index (κ3) is 5.94.